The topological polar surface area (TPSA) is 76.2 Å². The van der Waals surface area contributed by atoms with Gasteiger partial charge in [0, 0.05) is 20.2 Å². The van der Waals surface area contributed by atoms with E-state index >= 15 is 0 Å². The first-order chi connectivity index (χ1) is 12.2. The summed E-state index contributed by atoms with van der Waals surface area (Å²) in [7, 11) is 1.55. The second-order valence-electron chi connectivity index (χ2n) is 7.58. The molecule has 0 spiro atoms. The van der Waals surface area contributed by atoms with Crippen molar-refractivity contribution in [3.63, 3.8) is 0 Å². The van der Waals surface area contributed by atoms with Gasteiger partial charge in [0.15, 0.2) is 0 Å². The van der Waals surface area contributed by atoms with Gasteiger partial charge in [-0.2, -0.15) is 0 Å². The van der Waals surface area contributed by atoms with E-state index in [-0.39, 0.29) is 24.5 Å². The summed E-state index contributed by atoms with van der Waals surface area (Å²) in [5.74, 6) is -0.688. The van der Waals surface area contributed by atoms with Crippen molar-refractivity contribution in [3.8, 4) is 0 Å². The number of piperidine rings is 1. The van der Waals surface area contributed by atoms with Crippen LogP contribution in [-0.2, 0) is 9.47 Å². The van der Waals surface area contributed by atoms with Gasteiger partial charge < -0.3 is 14.4 Å². The fraction of sp³-hybridized carbons (Fsp3) is 0.526. The van der Waals surface area contributed by atoms with E-state index in [1.54, 1.807) is 52.1 Å². The summed E-state index contributed by atoms with van der Waals surface area (Å²) in [6, 6.07) is 6.20. The van der Waals surface area contributed by atoms with E-state index in [2.05, 4.69) is 0 Å². The minimum absolute atomic E-state index is 0.193. The van der Waals surface area contributed by atoms with Crippen molar-refractivity contribution < 1.29 is 23.9 Å². The smallest absolute Gasteiger partial charge is 0.410 e. The molecule has 0 saturated carbocycles. The Morgan fingerprint density at radius 1 is 1.12 bits per heavy atom. The zero-order valence-electron chi connectivity index (χ0n) is 15.5. The first kappa shape index (κ1) is 18.4. The molecule has 0 bridgehead atoms. The van der Waals surface area contributed by atoms with Gasteiger partial charge in [-0.25, -0.2) is 4.79 Å². The molecule has 7 heteroatoms. The molecule has 0 radical (unpaired) electrons. The Morgan fingerprint density at radius 2 is 1.69 bits per heavy atom. The van der Waals surface area contributed by atoms with Crippen LogP contribution in [0, 0.1) is 0 Å². The molecular weight excluding hydrogens is 336 g/mol. The van der Waals surface area contributed by atoms with E-state index in [1.807, 2.05) is 0 Å². The molecule has 1 fully saturated rings. The molecule has 2 aliphatic rings. The molecule has 1 saturated heterocycles. The Morgan fingerprint density at radius 3 is 2.19 bits per heavy atom. The van der Waals surface area contributed by atoms with E-state index in [9.17, 15) is 14.4 Å². The Labute approximate surface area is 152 Å². The van der Waals surface area contributed by atoms with Crippen LogP contribution in [0.4, 0.5) is 4.79 Å². The molecule has 0 N–H and O–H groups in total. The number of nitrogens with zero attached hydrogens (tertiary/aromatic N) is 2. The Kier molecular flexibility index (Phi) is 4.75. The van der Waals surface area contributed by atoms with Crippen LogP contribution in [0.2, 0.25) is 0 Å². The molecule has 3 rings (SSSR count). The van der Waals surface area contributed by atoms with Crippen molar-refractivity contribution in [1.82, 2.24) is 9.80 Å². The first-order valence-electron chi connectivity index (χ1n) is 8.70. The number of carbonyl (C=O) groups excluding carboxylic acids is 3. The third-order valence-electron chi connectivity index (χ3n) is 4.63. The third-order valence-corrected chi connectivity index (χ3v) is 4.63. The van der Waals surface area contributed by atoms with E-state index < -0.39 is 17.7 Å². The van der Waals surface area contributed by atoms with E-state index in [4.69, 9.17) is 9.47 Å². The first-order valence-corrected chi connectivity index (χ1v) is 8.70. The summed E-state index contributed by atoms with van der Waals surface area (Å²) in [6.45, 7) is 6.04. The minimum Gasteiger partial charge on any atom is -0.444 e. The number of ether oxygens (including phenoxy) is 2. The van der Waals surface area contributed by atoms with Crippen molar-refractivity contribution in [2.75, 3.05) is 20.2 Å². The summed E-state index contributed by atoms with van der Waals surface area (Å²) in [5, 5.41) is 0. The van der Waals surface area contributed by atoms with Crippen LogP contribution in [-0.4, -0.2) is 65.7 Å². The molecule has 2 aliphatic heterocycles. The molecule has 7 nitrogen and oxygen atoms in total. The molecule has 26 heavy (non-hydrogen) atoms. The Hall–Kier alpha value is -2.41. The number of benzene rings is 1. The van der Waals surface area contributed by atoms with Crippen molar-refractivity contribution >= 4 is 17.9 Å². The fourth-order valence-corrected chi connectivity index (χ4v) is 3.43. The van der Waals surface area contributed by atoms with Gasteiger partial charge in [-0.05, 0) is 39.3 Å². The lowest BCUT2D eigenvalue weighted by atomic mass is 10.0. The standard InChI is InChI=1S/C19H24N2O5/c1-19(2,3)26-18(24)20-10-9-15(25-4)14(11-20)21-16(22)12-7-5-6-8-13(12)17(21)23/h5-8,14-15H,9-11H2,1-4H3/t14-,15+/m0/s1. The molecule has 2 atom stereocenters. The second kappa shape index (κ2) is 6.72. The monoisotopic (exact) mass is 360 g/mol. The van der Waals surface area contributed by atoms with Gasteiger partial charge in [0.1, 0.15) is 5.60 Å². The lowest BCUT2D eigenvalue weighted by Gasteiger charge is -2.41. The Balaban J connectivity index is 1.84. The zero-order chi connectivity index (χ0) is 19.1. The SMILES string of the molecule is CO[C@@H]1CCN(C(=O)OC(C)(C)C)C[C@@H]1N1C(=O)c2ccccc2C1=O. The number of hydrogen-bond donors (Lipinski definition) is 0. The average molecular weight is 360 g/mol. The molecule has 0 aliphatic carbocycles. The summed E-state index contributed by atoms with van der Waals surface area (Å²) < 4.78 is 10.9. The van der Waals surface area contributed by atoms with Gasteiger partial charge in [-0.3, -0.25) is 14.5 Å². The normalized spacial score (nSPS) is 23.2. The highest BCUT2D eigenvalue weighted by Gasteiger charge is 2.46. The molecule has 1 aromatic rings. The number of hydrogen-bond acceptors (Lipinski definition) is 5. The minimum atomic E-state index is -0.611. The maximum absolute atomic E-state index is 12.8. The van der Waals surface area contributed by atoms with Gasteiger partial charge in [-0.15, -0.1) is 0 Å². The summed E-state index contributed by atoms with van der Waals surface area (Å²) in [6.07, 6.45) is -0.252. The van der Waals surface area contributed by atoms with Crippen LogP contribution in [0.1, 0.15) is 47.9 Å². The highest BCUT2D eigenvalue weighted by atomic mass is 16.6. The molecule has 1 aromatic carbocycles. The van der Waals surface area contributed by atoms with Crippen molar-refractivity contribution in [3.05, 3.63) is 35.4 Å². The predicted molar refractivity (Wildman–Crippen MR) is 94.0 cm³/mol. The van der Waals surface area contributed by atoms with Crippen molar-refractivity contribution in [2.24, 2.45) is 0 Å². The summed E-state index contributed by atoms with van der Waals surface area (Å²) in [4.78, 5) is 40.8. The third kappa shape index (κ3) is 3.31. The molecular formula is C19H24N2O5. The maximum Gasteiger partial charge on any atom is 0.410 e. The van der Waals surface area contributed by atoms with Gasteiger partial charge in [-0.1, -0.05) is 12.1 Å². The van der Waals surface area contributed by atoms with Crippen LogP contribution < -0.4 is 0 Å². The number of carbonyl (C=O) groups is 3. The average Bonchev–Trinajstić information content (AvgIpc) is 2.84. The summed E-state index contributed by atoms with van der Waals surface area (Å²) >= 11 is 0. The molecule has 0 unspecified atom stereocenters. The van der Waals surface area contributed by atoms with Crippen LogP contribution in [0.5, 0.6) is 0 Å². The van der Waals surface area contributed by atoms with E-state index in [1.165, 1.54) is 9.80 Å². The lowest BCUT2D eigenvalue weighted by Crippen LogP contribution is -2.58. The van der Waals surface area contributed by atoms with Gasteiger partial charge >= 0.3 is 6.09 Å². The van der Waals surface area contributed by atoms with Crippen LogP contribution in [0.3, 0.4) is 0 Å². The predicted octanol–water partition coefficient (Wildman–Crippen LogP) is 2.31. The highest BCUT2D eigenvalue weighted by molar-refractivity contribution is 6.21. The largest absolute Gasteiger partial charge is 0.444 e. The van der Waals surface area contributed by atoms with Crippen LogP contribution in [0.25, 0.3) is 0 Å². The van der Waals surface area contributed by atoms with Crippen molar-refractivity contribution in [2.45, 2.75) is 44.9 Å². The Bertz CT molecular complexity index is 705. The number of fused-ring (bicyclic) bond motifs is 1. The van der Waals surface area contributed by atoms with Crippen LogP contribution in [0.15, 0.2) is 24.3 Å². The molecule has 140 valence electrons. The van der Waals surface area contributed by atoms with E-state index in [0.29, 0.717) is 24.1 Å². The van der Waals surface area contributed by atoms with E-state index in [0.717, 1.165) is 0 Å². The molecule has 2 heterocycles. The summed E-state index contributed by atoms with van der Waals surface area (Å²) in [5.41, 5.74) is 0.170. The number of rotatable bonds is 2. The second-order valence-corrected chi connectivity index (χ2v) is 7.58. The molecule has 3 amide bonds. The molecule has 0 aromatic heterocycles. The lowest BCUT2D eigenvalue weighted by molar-refractivity contribution is -0.0326. The number of imide groups is 1. The zero-order valence-corrected chi connectivity index (χ0v) is 15.5. The highest BCUT2D eigenvalue weighted by Crippen LogP contribution is 2.29. The number of amides is 3. The fourth-order valence-electron chi connectivity index (χ4n) is 3.43. The van der Waals surface area contributed by atoms with Gasteiger partial charge in [0.2, 0.25) is 0 Å². The number of methoxy groups -OCH3 is 1. The van der Waals surface area contributed by atoms with Crippen molar-refractivity contribution in [1.29, 1.82) is 0 Å². The quantitative estimate of drug-likeness (QED) is 0.757. The maximum atomic E-state index is 12.8. The number of likely N-dealkylation sites (tertiary alicyclic amines) is 1. The van der Waals surface area contributed by atoms with Gasteiger partial charge in [0.05, 0.1) is 23.3 Å². The van der Waals surface area contributed by atoms with Crippen LogP contribution >= 0.6 is 0 Å². The van der Waals surface area contributed by atoms with Gasteiger partial charge in [0.25, 0.3) is 11.8 Å².